The van der Waals surface area contributed by atoms with Gasteiger partial charge in [0.2, 0.25) is 5.91 Å². The van der Waals surface area contributed by atoms with Gasteiger partial charge in [0, 0.05) is 49.2 Å². The van der Waals surface area contributed by atoms with Crippen LogP contribution in [0.4, 0.5) is 13.2 Å². The molecule has 0 radical (unpaired) electrons. The number of pyridine rings is 1. The first kappa shape index (κ1) is 21.0. The zero-order valence-electron chi connectivity index (χ0n) is 17.2. The monoisotopic (exact) mass is 429 g/mol. The van der Waals surface area contributed by atoms with E-state index in [1.165, 1.54) is 6.08 Å². The Morgan fingerprint density at radius 2 is 2.10 bits per heavy atom. The lowest BCUT2D eigenvalue weighted by Gasteiger charge is -2.13. The maximum Gasteiger partial charge on any atom is 0.433 e. The summed E-state index contributed by atoms with van der Waals surface area (Å²) in [5.74, 6) is -0.428. The molecule has 4 heterocycles. The first-order chi connectivity index (χ1) is 14.7. The molecule has 1 aliphatic heterocycles. The number of alkyl halides is 3. The molecule has 9 heteroatoms. The summed E-state index contributed by atoms with van der Waals surface area (Å²) in [5, 5.41) is 4.22. The highest BCUT2D eigenvalue weighted by Crippen LogP contribution is 2.33. The lowest BCUT2D eigenvalue weighted by molar-refractivity contribution is -0.142. The zero-order valence-corrected chi connectivity index (χ0v) is 17.2. The van der Waals surface area contributed by atoms with Crippen molar-refractivity contribution in [3.8, 4) is 0 Å². The van der Waals surface area contributed by atoms with E-state index in [9.17, 15) is 18.0 Å². The summed E-state index contributed by atoms with van der Waals surface area (Å²) in [6, 6.07) is 6.29. The van der Waals surface area contributed by atoms with Crippen LogP contribution >= 0.6 is 0 Å². The maximum absolute atomic E-state index is 13.6. The number of nitrogens with zero attached hydrogens (tertiary/aromatic N) is 5. The molecule has 1 aliphatic rings. The van der Waals surface area contributed by atoms with Gasteiger partial charge in [-0.1, -0.05) is 19.9 Å². The molecule has 3 aromatic rings. The first-order valence-electron chi connectivity index (χ1n) is 10.1. The third kappa shape index (κ3) is 4.45. The molecule has 0 aliphatic carbocycles. The molecule has 1 amide bonds. The van der Waals surface area contributed by atoms with E-state index in [2.05, 4.69) is 15.1 Å². The molecule has 0 aromatic carbocycles. The van der Waals surface area contributed by atoms with Crippen molar-refractivity contribution in [1.29, 1.82) is 0 Å². The number of amides is 1. The van der Waals surface area contributed by atoms with Crippen molar-refractivity contribution in [1.82, 2.24) is 24.5 Å². The summed E-state index contributed by atoms with van der Waals surface area (Å²) in [6.45, 7) is 4.52. The molecule has 1 fully saturated rings. The fourth-order valence-electron chi connectivity index (χ4n) is 3.66. The highest BCUT2D eigenvalue weighted by atomic mass is 19.4. The Kier molecular flexibility index (Phi) is 5.51. The van der Waals surface area contributed by atoms with Gasteiger partial charge in [-0.2, -0.15) is 18.3 Å². The standard InChI is InChI=1S/C22H22F3N5O/c1-14(2)17-10-19(22(23,24)25)30-20(27-17)11-18(28-30)16-7-9-29(13-16)21(31)6-5-15-4-3-8-26-12-15/h3-6,8,10-12,14,16H,7,9,13H2,1-2H3/b6-5+. The van der Waals surface area contributed by atoms with Crippen molar-refractivity contribution in [2.24, 2.45) is 0 Å². The Bertz CT molecular complexity index is 1120. The second-order valence-electron chi connectivity index (χ2n) is 7.95. The van der Waals surface area contributed by atoms with Gasteiger partial charge in [0.1, 0.15) is 5.69 Å². The van der Waals surface area contributed by atoms with E-state index in [-0.39, 0.29) is 23.4 Å². The van der Waals surface area contributed by atoms with Crippen molar-refractivity contribution in [2.45, 2.75) is 38.3 Å². The SMILES string of the molecule is CC(C)c1cc(C(F)(F)F)n2nc(C3CCN(C(=O)/C=C/c4cccnc4)C3)cc2n1. The molecule has 0 N–H and O–H groups in total. The van der Waals surface area contributed by atoms with Crippen molar-refractivity contribution in [3.63, 3.8) is 0 Å². The van der Waals surface area contributed by atoms with Crippen LogP contribution in [0.1, 0.15) is 54.7 Å². The van der Waals surface area contributed by atoms with E-state index >= 15 is 0 Å². The minimum Gasteiger partial charge on any atom is -0.338 e. The molecule has 1 saturated heterocycles. The molecular formula is C22H22F3N5O. The van der Waals surface area contributed by atoms with Gasteiger partial charge in [-0.25, -0.2) is 9.50 Å². The van der Waals surface area contributed by atoms with Crippen LogP contribution in [0.5, 0.6) is 0 Å². The number of rotatable bonds is 4. The van der Waals surface area contributed by atoms with Crippen molar-refractivity contribution >= 4 is 17.6 Å². The minimum atomic E-state index is -4.54. The van der Waals surface area contributed by atoms with Gasteiger partial charge in [0.05, 0.1) is 5.69 Å². The van der Waals surface area contributed by atoms with Crippen LogP contribution in [0.2, 0.25) is 0 Å². The van der Waals surface area contributed by atoms with Crippen LogP contribution in [-0.4, -0.2) is 43.5 Å². The molecule has 0 saturated carbocycles. The largest absolute Gasteiger partial charge is 0.433 e. The van der Waals surface area contributed by atoms with Crippen LogP contribution in [-0.2, 0) is 11.0 Å². The molecule has 0 spiro atoms. The third-order valence-electron chi connectivity index (χ3n) is 5.37. The number of fused-ring (bicyclic) bond motifs is 1. The van der Waals surface area contributed by atoms with Gasteiger partial charge in [0.15, 0.2) is 5.65 Å². The highest BCUT2D eigenvalue weighted by molar-refractivity contribution is 5.92. The smallest absolute Gasteiger partial charge is 0.338 e. The minimum absolute atomic E-state index is 0.138. The second kappa shape index (κ2) is 8.13. The van der Waals surface area contributed by atoms with Crippen LogP contribution in [0, 0.1) is 0 Å². The fourth-order valence-corrected chi connectivity index (χ4v) is 3.66. The number of carbonyl (C=O) groups excluding carboxylic acids is 1. The fraction of sp³-hybridized carbons (Fsp3) is 0.364. The topological polar surface area (TPSA) is 63.4 Å². The molecule has 6 nitrogen and oxygen atoms in total. The normalized spacial score (nSPS) is 17.4. The van der Waals surface area contributed by atoms with Gasteiger partial charge < -0.3 is 4.90 Å². The molecular weight excluding hydrogens is 407 g/mol. The van der Waals surface area contributed by atoms with E-state index in [0.29, 0.717) is 30.9 Å². The maximum atomic E-state index is 13.6. The summed E-state index contributed by atoms with van der Waals surface area (Å²) in [5.41, 5.74) is 1.05. The predicted molar refractivity (Wildman–Crippen MR) is 109 cm³/mol. The summed E-state index contributed by atoms with van der Waals surface area (Å²) in [6.07, 6.45) is 2.59. The molecule has 0 bridgehead atoms. The Morgan fingerprint density at radius 1 is 1.29 bits per heavy atom. The summed E-state index contributed by atoms with van der Waals surface area (Å²) >= 11 is 0. The molecule has 162 valence electrons. The Labute approximate surface area is 177 Å². The Morgan fingerprint density at radius 3 is 2.77 bits per heavy atom. The summed E-state index contributed by atoms with van der Waals surface area (Å²) in [4.78, 5) is 22.5. The average molecular weight is 429 g/mol. The van der Waals surface area contributed by atoms with Crippen molar-refractivity contribution in [2.75, 3.05) is 13.1 Å². The van der Waals surface area contributed by atoms with Gasteiger partial charge in [-0.05, 0) is 36.1 Å². The molecule has 3 aromatic heterocycles. The van der Waals surface area contributed by atoms with Gasteiger partial charge in [-0.3, -0.25) is 9.78 Å². The van der Waals surface area contributed by atoms with E-state index < -0.39 is 11.9 Å². The molecule has 1 unspecified atom stereocenters. The van der Waals surface area contributed by atoms with Gasteiger partial charge in [-0.15, -0.1) is 0 Å². The summed E-state index contributed by atoms with van der Waals surface area (Å²) < 4.78 is 41.6. The van der Waals surface area contributed by atoms with E-state index in [4.69, 9.17) is 0 Å². The van der Waals surface area contributed by atoms with Gasteiger partial charge >= 0.3 is 6.18 Å². The lowest BCUT2D eigenvalue weighted by atomic mass is 10.1. The number of hydrogen-bond donors (Lipinski definition) is 0. The van der Waals surface area contributed by atoms with Crippen molar-refractivity contribution in [3.05, 3.63) is 65.4 Å². The van der Waals surface area contributed by atoms with Crippen LogP contribution in [0.25, 0.3) is 11.7 Å². The summed E-state index contributed by atoms with van der Waals surface area (Å²) in [7, 11) is 0. The van der Waals surface area contributed by atoms with Crippen LogP contribution in [0.15, 0.2) is 42.7 Å². The second-order valence-corrected chi connectivity index (χ2v) is 7.95. The number of hydrogen-bond acceptors (Lipinski definition) is 4. The predicted octanol–water partition coefficient (Wildman–Crippen LogP) is 4.30. The van der Waals surface area contributed by atoms with Crippen LogP contribution < -0.4 is 0 Å². The molecule has 31 heavy (non-hydrogen) atoms. The number of aromatic nitrogens is 4. The zero-order chi connectivity index (χ0) is 22.2. The van der Waals surface area contributed by atoms with E-state index in [0.717, 1.165) is 16.1 Å². The number of halogens is 3. The Hall–Kier alpha value is -3.23. The van der Waals surface area contributed by atoms with Gasteiger partial charge in [0.25, 0.3) is 0 Å². The number of carbonyl (C=O) groups is 1. The van der Waals surface area contributed by atoms with E-state index in [1.54, 1.807) is 49.3 Å². The molecule has 1 atom stereocenters. The Balaban J connectivity index is 1.56. The number of likely N-dealkylation sites (tertiary alicyclic amines) is 1. The highest BCUT2D eigenvalue weighted by Gasteiger charge is 2.36. The quantitative estimate of drug-likeness (QED) is 0.581. The van der Waals surface area contributed by atoms with E-state index in [1.807, 2.05) is 6.07 Å². The lowest BCUT2D eigenvalue weighted by Crippen LogP contribution is -2.26. The average Bonchev–Trinajstić information content (AvgIpc) is 3.38. The molecule has 4 rings (SSSR count). The van der Waals surface area contributed by atoms with Crippen LogP contribution in [0.3, 0.4) is 0 Å². The van der Waals surface area contributed by atoms with Crippen molar-refractivity contribution < 1.29 is 18.0 Å². The first-order valence-corrected chi connectivity index (χ1v) is 10.1. The third-order valence-corrected chi connectivity index (χ3v) is 5.37.